The second-order valence-corrected chi connectivity index (χ2v) is 5.80. The topological polar surface area (TPSA) is 106 Å². The lowest BCUT2D eigenvalue weighted by Gasteiger charge is -2.16. The Balaban J connectivity index is 1.56. The minimum Gasteiger partial charge on any atom is -0.377 e. The number of nitrogens with one attached hydrogen (secondary N) is 2. The fourth-order valence-corrected chi connectivity index (χ4v) is 2.79. The Hall–Kier alpha value is -2.48. The molecule has 2 aromatic heterocycles. The predicted octanol–water partition coefficient (Wildman–Crippen LogP) is 1.74. The molecule has 1 saturated heterocycles. The van der Waals surface area contributed by atoms with Crippen molar-refractivity contribution in [1.29, 1.82) is 0 Å². The largest absolute Gasteiger partial charge is 0.377 e. The van der Waals surface area contributed by atoms with E-state index in [-0.39, 0.29) is 17.6 Å². The molecule has 1 aliphatic heterocycles. The van der Waals surface area contributed by atoms with Gasteiger partial charge in [-0.2, -0.15) is 5.48 Å². The maximum absolute atomic E-state index is 12.2. The molecule has 1 fully saturated rings. The van der Waals surface area contributed by atoms with Crippen LogP contribution in [0.4, 0.5) is 0 Å². The number of unbranched alkanes of at least 4 members (excludes halogenated alkanes) is 1. The third kappa shape index (κ3) is 3.53. The number of fused-ring (bicyclic) bond motifs is 1. The number of hydroxylamine groups is 1. The van der Waals surface area contributed by atoms with E-state index in [4.69, 9.17) is 9.57 Å². The number of hydrogen-bond donors (Lipinski definition) is 2. The van der Waals surface area contributed by atoms with Gasteiger partial charge in [0, 0.05) is 12.8 Å². The Morgan fingerprint density at radius 3 is 3.17 bits per heavy atom. The summed E-state index contributed by atoms with van der Waals surface area (Å²) < 4.78 is 5.58. The second-order valence-electron chi connectivity index (χ2n) is 5.80. The molecule has 3 rings (SSSR count). The summed E-state index contributed by atoms with van der Waals surface area (Å²) in [4.78, 5) is 40.1. The number of rotatable bonds is 5. The Labute approximate surface area is 138 Å². The van der Waals surface area contributed by atoms with E-state index in [2.05, 4.69) is 27.4 Å². The van der Waals surface area contributed by atoms with Gasteiger partial charge in [-0.25, -0.2) is 14.8 Å². The number of imidazole rings is 1. The number of H-pyrrole nitrogens is 1. The molecule has 1 unspecified atom stereocenters. The van der Waals surface area contributed by atoms with Gasteiger partial charge < -0.3 is 14.6 Å². The van der Waals surface area contributed by atoms with Gasteiger partial charge in [-0.05, 0) is 18.9 Å². The van der Waals surface area contributed by atoms with Crippen LogP contribution in [-0.2, 0) is 14.4 Å². The van der Waals surface area contributed by atoms with Crippen LogP contribution >= 0.6 is 0 Å². The molecule has 0 aromatic carbocycles. The van der Waals surface area contributed by atoms with Crippen LogP contribution in [-0.4, -0.2) is 39.5 Å². The smallest absolute Gasteiger partial charge is 0.337 e. The van der Waals surface area contributed by atoms with Gasteiger partial charge in [-0.1, -0.05) is 19.8 Å². The SMILES string of the molecule is CCCCC1OCC[C@@H]1C(=O)ONC(=O)c1cnc2nc[nH]c2c1. The minimum atomic E-state index is -0.531. The third-order valence-electron chi connectivity index (χ3n) is 4.13. The van der Waals surface area contributed by atoms with E-state index in [1.807, 2.05) is 0 Å². The van der Waals surface area contributed by atoms with Gasteiger partial charge in [-0.15, -0.1) is 0 Å². The highest BCUT2D eigenvalue weighted by Crippen LogP contribution is 2.26. The van der Waals surface area contributed by atoms with Crippen LogP contribution in [0.2, 0.25) is 0 Å². The molecule has 1 amide bonds. The maximum atomic E-state index is 12.2. The first-order valence-electron chi connectivity index (χ1n) is 8.10. The normalized spacial score (nSPS) is 20.2. The van der Waals surface area contributed by atoms with Crippen molar-refractivity contribution in [2.75, 3.05) is 6.61 Å². The van der Waals surface area contributed by atoms with Gasteiger partial charge in [0.15, 0.2) is 5.65 Å². The van der Waals surface area contributed by atoms with E-state index >= 15 is 0 Å². The number of aromatic nitrogens is 3. The number of aromatic amines is 1. The van der Waals surface area contributed by atoms with Gasteiger partial charge in [0.2, 0.25) is 0 Å². The van der Waals surface area contributed by atoms with E-state index in [9.17, 15) is 9.59 Å². The van der Waals surface area contributed by atoms with Crippen LogP contribution in [0.5, 0.6) is 0 Å². The number of ether oxygens (including phenoxy) is 1. The Kier molecular flexibility index (Phi) is 5.05. The first-order valence-corrected chi connectivity index (χ1v) is 8.10. The van der Waals surface area contributed by atoms with Gasteiger partial charge in [0.25, 0.3) is 5.91 Å². The summed E-state index contributed by atoms with van der Waals surface area (Å²) in [5.41, 5.74) is 3.63. The van der Waals surface area contributed by atoms with Crippen molar-refractivity contribution in [1.82, 2.24) is 20.4 Å². The van der Waals surface area contributed by atoms with Gasteiger partial charge in [0.05, 0.1) is 29.4 Å². The predicted molar refractivity (Wildman–Crippen MR) is 84.8 cm³/mol. The Morgan fingerprint density at radius 2 is 2.33 bits per heavy atom. The summed E-state index contributed by atoms with van der Waals surface area (Å²) in [6.45, 7) is 2.63. The molecule has 8 nitrogen and oxygen atoms in total. The van der Waals surface area contributed by atoms with Gasteiger partial charge in [0.1, 0.15) is 0 Å². The zero-order valence-electron chi connectivity index (χ0n) is 13.4. The Bertz CT molecular complexity index is 730. The van der Waals surface area contributed by atoms with Crippen LogP contribution in [0.15, 0.2) is 18.6 Å². The highest BCUT2D eigenvalue weighted by molar-refractivity contribution is 5.96. The molecular formula is C16H20N4O4. The van der Waals surface area contributed by atoms with Crippen molar-refractivity contribution >= 4 is 23.0 Å². The quantitative estimate of drug-likeness (QED) is 0.808. The Morgan fingerprint density at radius 1 is 1.46 bits per heavy atom. The molecule has 0 aliphatic carbocycles. The lowest BCUT2D eigenvalue weighted by atomic mass is 9.97. The molecule has 0 bridgehead atoms. The molecule has 128 valence electrons. The minimum absolute atomic E-state index is 0.127. The zero-order chi connectivity index (χ0) is 16.9. The summed E-state index contributed by atoms with van der Waals surface area (Å²) in [6, 6.07) is 1.60. The first kappa shape index (κ1) is 16.4. The van der Waals surface area contributed by atoms with Crippen molar-refractivity contribution in [3.63, 3.8) is 0 Å². The van der Waals surface area contributed by atoms with Gasteiger partial charge in [-0.3, -0.25) is 4.79 Å². The molecule has 0 saturated carbocycles. The molecule has 0 radical (unpaired) electrons. The monoisotopic (exact) mass is 332 g/mol. The zero-order valence-corrected chi connectivity index (χ0v) is 13.4. The number of pyridine rings is 1. The number of carbonyl (C=O) groups excluding carboxylic acids is 2. The van der Waals surface area contributed by atoms with E-state index in [0.717, 1.165) is 19.3 Å². The van der Waals surface area contributed by atoms with Crippen LogP contribution in [0, 0.1) is 5.92 Å². The summed E-state index contributed by atoms with van der Waals surface area (Å²) in [5, 5.41) is 0. The summed E-state index contributed by atoms with van der Waals surface area (Å²) in [5.74, 6) is -1.32. The van der Waals surface area contributed by atoms with Crippen LogP contribution < -0.4 is 5.48 Å². The highest BCUT2D eigenvalue weighted by atomic mass is 16.7. The van der Waals surface area contributed by atoms with Gasteiger partial charge >= 0.3 is 5.97 Å². The van der Waals surface area contributed by atoms with E-state index < -0.39 is 11.9 Å². The second kappa shape index (κ2) is 7.39. The fourth-order valence-electron chi connectivity index (χ4n) is 2.79. The summed E-state index contributed by atoms with van der Waals surface area (Å²) in [6.07, 6.45) is 6.23. The summed E-state index contributed by atoms with van der Waals surface area (Å²) in [7, 11) is 0. The lowest BCUT2D eigenvalue weighted by Crippen LogP contribution is -2.33. The average molecular weight is 332 g/mol. The molecule has 8 heteroatoms. The van der Waals surface area contributed by atoms with Crippen LogP contribution in [0.3, 0.4) is 0 Å². The molecule has 2 aromatic rings. The molecule has 0 spiro atoms. The van der Waals surface area contributed by atoms with E-state index in [1.54, 1.807) is 6.07 Å². The maximum Gasteiger partial charge on any atom is 0.337 e. The number of hydrogen-bond acceptors (Lipinski definition) is 6. The molecule has 2 N–H and O–H groups in total. The fraction of sp³-hybridized carbons (Fsp3) is 0.500. The molecule has 2 atom stereocenters. The van der Waals surface area contributed by atoms with Crippen molar-refractivity contribution in [2.45, 2.75) is 38.7 Å². The van der Waals surface area contributed by atoms with Crippen LogP contribution in [0.1, 0.15) is 43.0 Å². The lowest BCUT2D eigenvalue weighted by molar-refractivity contribution is -0.156. The average Bonchev–Trinajstić information content (AvgIpc) is 3.25. The van der Waals surface area contributed by atoms with Crippen molar-refractivity contribution in [2.24, 2.45) is 5.92 Å². The number of amides is 1. The molecule has 24 heavy (non-hydrogen) atoms. The molecule has 1 aliphatic rings. The van der Waals surface area contributed by atoms with E-state index in [0.29, 0.717) is 24.2 Å². The van der Waals surface area contributed by atoms with Crippen molar-refractivity contribution < 1.29 is 19.2 Å². The van der Waals surface area contributed by atoms with Crippen molar-refractivity contribution in [3.8, 4) is 0 Å². The highest BCUT2D eigenvalue weighted by Gasteiger charge is 2.35. The first-order chi connectivity index (χ1) is 11.7. The van der Waals surface area contributed by atoms with Crippen LogP contribution in [0.25, 0.3) is 11.2 Å². The summed E-state index contributed by atoms with van der Waals surface area (Å²) >= 11 is 0. The third-order valence-corrected chi connectivity index (χ3v) is 4.13. The van der Waals surface area contributed by atoms with E-state index in [1.165, 1.54) is 12.5 Å². The standard InChI is InChI=1S/C16H20N4O4/c1-2-3-4-13-11(5-6-23-13)16(22)24-20-15(21)10-7-12-14(17-8-10)19-9-18-12/h7-9,11,13H,2-6H2,1H3,(H,20,21)(H,17,18,19)/t11-,13?/m0/s1. The number of nitrogens with zero attached hydrogens (tertiary/aromatic N) is 2. The molecule has 3 heterocycles. The molecular weight excluding hydrogens is 312 g/mol. The van der Waals surface area contributed by atoms with Crippen molar-refractivity contribution in [3.05, 3.63) is 24.2 Å². The number of carbonyl (C=O) groups is 2.